The summed E-state index contributed by atoms with van der Waals surface area (Å²) >= 11 is 0. The molecule has 1 aliphatic heterocycles. The van der Waals surface area contributed by atoms with Gasteiger partial charge in [0.1, 0.15) is 17.6 Å². The van der Waals surface area contributed by atoms with Gasteiger partial charge in [-0.15, -0.1) is 0 Å². The highest BCUT2D eigenvalue weighted by molar-refractivity contribution is 5.54. The Bertz CT molecular complexity index is 1080. The van der Waals surface area contributed by atoms with E-state index < -0.39 is 0 Å². The van der Waals surface area contributed by atoms with E-state index >= 15 is 0 Å². The molecule has 0 N–H and O–H groups in total. The number of pyridine rings is 1. The largest absolute Gasteiger partial charge is 0.365 e. The van der Waals surface area contributed by atoms with Crippen LogP contribution < -0.4 is 0 Å². The average molecular weight is 363 g/mol. The van der Waals surface area contributed by atoms with Crippen molar-refractivity contribution in [2.24, 2.45) is 0 Å². The maximum atomic E-state index is 13.1. The van der Waals surface area contributed by atoms with E-state index in [2.05, 4.69) is 20.2 Å². The highest BCUT2D eigenvalue weighted by Crippen LogP contribution is 2.29. The number of aromatic nitrogens is 5. The molecule has 8 heteroatoms. The third-order valence-corrected chi connectivity index (χ3v) is 4.42. The van der Waals surface area contributed by atoms with Gasteiger partial charge in [0.05, 0.1) is 18.8 Å². The Morgan fingerprint density at radius 2 is 1.96 bits per heavy atom. The molecule has 0 amide bonds. The summed E-state index contributed by atoms with van der Waals surface area (Å²) < 4.78 is 26.2. The lowest BCUT2D eigenvalue weighted by molar-refractivity contribution is -0.00116. The Balaban J connectivity index is 1.40. The summed E-state index contributed by atoms with van der Waals surface area (Å²) in [7, 11) is 0. The molecule has 1 atom stereocenters. The molecule has 0 bridgehead atoms. The molecule has 4 heterocycles. The average Bonchev–Trinajstić information content (AvgIpc) is 3.36. The minimum atomic E-state index is -0.267. The second-order valence-electron chi connectivity index (χ2n) is 6.19. The molecule has 134 valence electrons. The van der Waals surface area contributed by atoms with Gasteiger partial charge < -0.3 is 9.26 Å². The van der Waals surface area contributed by atoms with Crippen molar-refractivity contribution >= 4 is 0 Å². The molecule has 7 nitrogen and oxygen atoms in total. The monoisotopic (exact) mass is 363 g/mol. The van der Waals surface area contributed by atoms with Gasteiger partial charge in [0.2, 0.25) is 5.82 Å². The Labute approximate surface area is 153 Å². The number of ether oxygens (including phenoxy) is 1. The number of fused-ring (bicyclic) bond motifs is 1. The first kappa shape index (κ1) is 15.8. The highest BCUT2D eigenvalue weighted by Gasteiger charge is 2.24. The Morgan fingerprint density at radius 3 is 2.78 bits per heavy atom. The van der Waals surface area contributed by atoms with Gasteiger partial charge in [-0.25, -0.2) is 4.39 Å². The van der Waals surface area contributed by atoms with Crippen molar-refractivity contribution in [3.63, 3.8) is 0 Å². The van der Waals surface area contributed by atoms with E-state index in [1.165, 1.54) is 12.1 Å². The summed E-state index contributed by atoms with van der Waals surface area (Å²) in [5, 5.41) is 8.54. The predicted molar refractivity (Wildman–Crippen MR) is 92.7 cm³/mol. The van der Waals surface area contributed by atoms with E-state index in [1.807, 2.05) is 28.9 Å². The number of rotatable bonds is 3. The van der Waals surface area contributed by atoms with Crippen molar-refractivity contribution in [1.82, 2.24) is 24.9 Å². The summed E-state index contributed by atoms with van der Waals surface area (Å²) in [6.45, 7) is 0.929. The van der Waals surface area contributed by atoms with E-state index in [9.17, 15) is 4.39 Å². The summed E-state index contributed by atoms with van der Waals surface area (Å²) in [4.78, 5) is 8.60. The van der Waals surface area contributed by atoms with Crippen LogP contribution in [0.4, 0.5) is 4.39 Å². The quantitative estimate of drug-likeness (QED) is 0.555. The molecular formula is C19H14FN5O2. The van der Waals surface area contributed by atoms with E-state index in [-0.39, 0.29) is 11.9 Å². The van der Waals surface area contributed by atoms with E-state index in [0.29, 0.717) is 36.3 Å². The lowest BCUT2D eigenvalue weighted by atomic mass is 10.1. The van der Waals surface area contributed by atoms with Crippen molar-refractivity contribution in [2.45, 2.75) is 19.3 Å². The number of benzene rings is 1. The van der Waals surface area contributed by atoms with Crippen LogP contribution in [0.1, 0.15) is 17.4 Å². The van der Waals surface area contributed by atoms with Crippen LogP contribution >= 0.6 is 0 Å². The van der Waals surface area contributed by atoms with Crippen LogP contribution in [-0.2, 0) is 17.9 Å². The minimum absolute atomic E-state index is 0.183. The Morgan fingerprint density at radius 1 is 1.07 bits per heavy atom. The van der Waals surface area contributed by atoms with Crippen molar-refractivity contribution in [3.8, 4) is 23.1 Å². The lowest BCUT2D eigenvalue weighted by Crippen LogP contribution is -2.21. The van der Waals surface area contributed by atoms with Crippen molar-refractivity contribution in [1.29, 1.82) is 0 Å². The highest BCUT2D eigenvalue weighted by atomic mass is 19.1. The topological polar surface area (TPSA) is 78.9 Å². The number of hydrogen-bond acceptors (Lipinski definition) is 6. The van der Waals surface area contributed by atoms with Gasteiger partial charge in [0, 0.05) is 6.20 Å². The van der Waals surface area contributed by atoms with Crippen LogP contribution in [0.5, 0.6) is 0 Å². The zero-order valence-corrected chi connectivity index (χ0v) is 14.1. The molecule has 0 spiro atoms. The van der Waals surface area contributed by atoms with Gasteiger partial charge in [-0.2, -0.15) is 10.1 Å². The molecule has 4 aromatic rings. The predicted octanol–water partition coefficient (Wildman–Crippen LogP) is 3.41. The fourth-order valence-electron chi connectivity index (χ4n) is 3.04. The third-order valence-electron chi connectivity index (χ3n) is 4.42. The Hall–Kier alpha value is -3.39. The molecule has 5 rings (SSSR count). The second kappa shape index (κ2) is 6.40. The zero-order chi connectivity index (χ0) is 18.2. The third kappa shape index (κ3) is 3.00. The summed E-state index contributed by atoms with van der Waals surface area (Å²) in [6, 6.07) is 13.7. The van der Waals surface area contributed by atoms with Crippen LogP contribution in [0.3, 0.4) is 0 Å². The smallest absolute Gasteiger partial charge is 0.278 e. The van der Waals surface area contributed by atoms with Crippen LogP contribution in [0.2, 0.25) is 0 Å². The zero-order valence-electron chi connectivity index (χ0n) is 14.1. The van der Waals surface area contributed by atoms with Crippen molar-refractivity contribution < 1.29 is 13.7 Å². The lowest BCUT2D eigenvalue weighted by Gasteiger charge is -2.24. The van der Waals surface area contributed by atoms with Gasteiger partial charge in [-0.05, 0) is 35.9 Å². The molecular weight excluding hydrogens is 349 g/mol. The van der Waals surface area contributed by atoms with Gasteiger partial charge in [-0.3, -0.25) is 9.67 Å². The van der Waals surface area contributed by atoms with Gasteiger partial charge in [-0.1, -0.05) is 23.4 Å². The summed E-state index contributed by atoms with van der Waals surface area (Å²) in [6.07, 6.45) is 1.49. The standard InChI is InChI=1S/C19H14FN5O2/c20-13-6-4-12(5-7-13)17-10-25-14(11-26-17)9-16(23-25)19-22-18(24-27-19)15-3-1-2-8-21-15/h1-9,17H,10-11H2/t17-/m1/s1. The van der Waals surface area contributed by atoms with Gasteiger partial charge in [0.25, 0.3) is 5.89 Å². The molecule has 0 saturated heterocycles. The molecule has 0 aliphatic carbocycles. The fraction of sp³-hybridized carbons (Fsp3) is 0.158. The van der Waals surface area contributed by atoms with E-state index in [0.717, 1.165) is 11.3 Å². The number of hydrogen-bond donors (Lipinski definition) is 0. The van der Waals surface area contributed by atoms with Crippen LogP contribution in [-0.4, -0.2) is 24.9 Å². The van der Waals surface area contributed by atoms with E-state index in [4.69, 9.17) is 9.26 Å². The first-order valence-corrected chi connectivity index (χ1v) is 8.45. The minimum Gasteiger partial charge on any atom is -0.365 e. The normalized spacial score (nSPS) is 16.3. The van der Waals surface area contributed by atoms with Crippen molar-refractivity contribution in [3.05, 3.63) is 71.8 Å². The SMILES string of the molecule is Fc1ccc([C@H]2Cn3nc(-c4nc(-c5ccccn5)no4)cc3CO2)cc1. The Kier molecular flexibility index (Phi) is 3.75. The molecule has 27 heavy (non-hydrogen) atoms. The molecule has 1 aromatic carbocycles. The molecule has 0 radical (unpaired) electrons. The van der Waals surface area contributed by atoms with Gasteiger partial charge in [0.15, 0.2) is 5.69 Å². The summed E-state index contributed by atoms with van der Waals surface area (Å²) in [5.74, 6) is 0.477. The maximum Gasteiger partial charge on any atom is 0.278 e. The van der Waals surface area contributed by atoms with Gasteiger partial charge >= 0.3 is 0 Å². The fourth-order valence-corrected chi connectivity index (χ4v) is 3.04. The number of halogens is 1. The molecule has 0 saturated carbocycles. The second-order valence-corrected chi connectivity index (χ2v) is 6.19. The maximum absolute atomic E-state index is 13.1. The summed E-state index contributed by atoms with van der Waals surface area (Å²) in [5.41, 5.74) is 3.05. The molecule has 0 fully saturated rings. The van der Waals surface area contributed by atoms with Crippen LogP contribution in [0.25, 0.3) is 23.1 Å². The molecule has 3 aromatic heterocycles. The number of nitrogens with zero attached hydrogens (tertiary/aromatic N) is 5. The first-order chi connectivity index (χ1) is 13.3. The molecule has 1 aliphatic rings. The first-order valence-electron chi connectivity index (χ1n) is 8.45. The van der Waals surface area contributed by atoms with E-state index in [1.54, 1.807) is 18.3 Å². The molecule has 0 unspecified atom stereocenters. The van der Waals surface area contributed by atoms with Crippen molar-refractivity contribution in [2.75, 3.05) is 0 Å². The van der Waals surface area contributed by atoms with Crippen LogP contribution in [0.15, 0.2) is 59.3 Å². The van der Waals surface area contributed by atoms with Crippen LogP contribution in [0, 0.1) is 5.82 Å².